The van der Waals surface area contributed by atoms with E-state index in [1.165, 1.54) is 0 Å². The summed E-state index contributed by atoms with van der Waals surface area (Å²) in [6.45, 7) is 5.63. The molecule has 1 aromatic heterocycles. The molecule has 1 atom stereocenters. The molecular formula is C18H18BrN3O2. The normalized spacial score (nSPS) is 12.2. The number of halogens is 1. The summed E-state index contributed by atoms with van der Waals surface area (Å²) in [5.74, 6) is 0.508. The van der Waals surface area contributed by atoms with Crippen LogP contribution in [0.1, 0.15) is 18.4 Å². The van der Waals surface area contributed by atoms with Crippen LogP contribution in [0.4, 0.5) is 11.4 Å². The topological polar surface area (TPSA) is 67.2 Å². The average molecular weight is 388 g/mol. The second kappa shape index (κ2) is 6.65. The molecule has 3 aromatic rings. The van der Waals surface area contributed by atoms with E-state index in [1.807, 2.05) is 57.2 Å². The first-order valence-electron chi connectivity index (χ1n) is 7.63. The highest BCUT2D eigenvalue weighted by molar-refractivity contribution is 9.10. The monoisotopic (exact) mass is 387 g/mol. The predicted octanol–water partition coefficient (Wildman–Crippen LogP) is 4.65. The summed E-state index contributed by atoms with van der Waals surface area (Å²) >= 11 is 3.47. The second-order valence-electron chi connectivity index (χ2n) is 5.75. The van der Waals surface area contributed by atoms with Crippen LogP contribution >= 0.6 is 15.9 Å². The Kier molecular flexibility index (Phi) is 4.57. The van der Waals surface area contributed by atoms with Gasteiger partial charge >= 0.3 is 0 Å². The van der Waals surface area contributed by atoms with Crippen LogP contribution in [0, 0.1) is 13.8 Å². The number of carbonyl (C=O) groups excluding carboxylic acids is 1. The SMILES string of the molecule is Cc1ccc(NC(=O)[C@@H](C)Nc2ccc3oc(C)nc3c2)c(Br)c1. The molecule has 1 heterocycles. The lowest BCUT2D eigenvalue weighted by Crippen LogP contribution is -2.31. The van der Waals surface area contributed by atoms with Crippen LogP contribution in [0.3, 0.4) is 0 Å². The van der Waals surface area contributed by atoms with Gasteiger partial charge in [0.15, 0.2) is 11.5 Å². The number of nitrogens with zero attached hydrogens (tertiary/aromatic N) is 1. The van der Waals surface area contributed by atoms with Gasteiger partial charge in [0.05, 0.1) is 5.69 Å². The quantitative estimate of drug-likeness (QED) is 0.683. The predicted molar refractivity (Wildman–Crippen MR) is 99.3 cm³/mol. The summed E-state index contributed by atoms with van der Waals surface area (Å²) in [6.07, 6.45) is 0. The first-order valence-corrected chi connectivity index (χ1v) is 8.42. The van der Waals surface area contributed by atoms with E-state index in [1.54, 1.807) is 0 Å². The standard InChI is InChI=1S/C18H18BrN3O2/c1-10-4-6-15(14(19)8-10)22-18(23)11(2)20-13-5-7-17-16(9-13)21-12(3)24-17/h4-9,11,20H,1-3H3,(H,22,23)/t11-/m1/s1. The molecule has 1 amide bonds. The molecule has 0 aliphatic carbocycles. The molecule has 0 saturated heterocycles. The van der Waals surface area contributed by atoms with Crippen molar-refractivity contribution in [3.8, 4) is 0 Å². The largest absolute Gasteiger partial charge is 0.441 e. The summed E-state index contributed by atoms with van der Waals surface area (Å²) in [5, 5.41) is 6.10. The van der Waals surface area contributed by atoms with E-state index in [9.17, 15) is 4.79 Å². The van der Waals surface area contributed by atoms with Gasteiger partial charge in [0.25, 0.3) is 0 Å². The van der Waals surface area contributed by atoms with E-state index in [0.29, 0.717) is 5.89 Å². The number of hydrogen-bond acceptors (Lipinski definition) is 4. The van der Waals surface area contributed by atoms with Gasteiger partial charge in [0.2, 0.25) is 5.91 Å². The third-order valence-electron chi connectivity index (χ3n) is 3.65. The Labute approximate surface area is 148 Å². The van der Waals surface area contributed by atoms with Crippen molar-refractivity contribution in [2.24, 2.45) is 0 Å². The molecule has 3 rings (SSSR count). The second-order valence-corrected chi connectivity index (χ2v) is 6.61. The van der Waals surface area contributed by atoms with E-state index < -0.39 is 6.04 Å². The van der Waals surface area contributed by atoms with Gasteiger partial charge in [-0.05, 0) is 65.7 Å². The van der Waals surface area contributed by atoms with Gasteiger partial charge in [-0.15, -0.1) is 0 Å². The molecule has 6 heteroatoms. The molecule has 0 aliphatic heterocycles. The van der Waals surface area contributed by atoms with Crippen LogP contribution in [-0.4, -0.2) is 16.9 Å². The Bertz CT molecular complexity index is 904. The highest BCUT2D eigenvalue weighted by atomic mass is 79.9. The fourth-order valence-electron chi connectivity index (χ4n) is 2.41. The van der Waals surface area contributed by atoms with Crippen molar-refractivity contribution in [2.75, 3.05) is 10.6 Å². The number of benzene rings is 2. The zero-order chi connectivity index (χ0) is 17.3. The van der Waals surface area contributed by atoms with E-state index in [4.69, 9.17) is 4.42 Å². The van der Waals surface area contributed by atoms with Crippen LogP contribution in [0.5, 0.6) is 0 Å². The van der Waals surface area contributed by atoms with Crippen LogP contribution < -0.4 is 10.6 Å². The maximum atomic E-state index is 12.4. The fraction of sp³-hybridized carbons (Fsp3) is 0.222. The molecule has 24 heavy (non-hydrogen) atoms. The molecule has 0 fully saturated rings. The number of aromatic nitrogens is 1. The highest BCUT2D eigenvalue weighted by Crippen LogP contribution is 2.24. The summed E-state index contributed by atoms with van der Waals surface area (Å²) in [5.41, 5.74) is 4.20. The highest BCUT2D eigenvalue weighted by Gasteiger charge is 2.15. The Balaban J connectivity index is 1.70. The summed E-state index contributed by atoms with van der Waals surface area (Å²) in [4.78, 5) is 16.7. The zero-order valence-electron chi connectivity index (χ0n) is 13.7. The molecule has 2 N–H and O–H groups in total. The Hall–Kier alpha value is -2.34. The molecule has 0 saturated carbocycles. The molecule has 0 spiro atoms. The van der Waals surface area contributed by atoms with Crippen LogP contribution in [0.2, 0.25) is 0 Å². The lowest BCUT2D eigenvalue weighted by atomic mass is 10.2. The number of carbonyl (C=O) groups is 1. The molecule has 2 aromatic carbocycles. The van der Waals surface area contributed by atoms with E-state index >= 15 is 0 Å². The van der Waals surface area contributed by atoms with E-state index in [2.05, 4.69) is 31.5 Å². The smallest absolute Gasteiger partial charge is 0.246 e. The number of nitrogens with one attached hydrogen (secondary N) is 2. The van der Waals surface area contributed by atoms with Crippen molar-refractivity contribution in [3.05, 3.63) is 52.3 Å². The van der Waals surface area contributed by atoms with Gasteiger partial charge in [-0.2, -0.15) is 0 Å². The van der Waals surface area contributed by atoms with Crippen molar-refractivity contribution >= 4 is 44.3 Å². The molecular weight excluding hydrogens is 370 g/mol. The zero-order valence-corrected chi connectivity index (χ0v) is 15.3. The summed E-state index contributed by atoms with van der Waals surface area (Å²) in [6, 6.07) is 11.0. The van der Waals surface area contributed by atoms with Crippen molar-refractivity contribution in [2.45, 2.75) is 26.8 Å². The lowest BCUT2D eigenvalue weighted by molar-refractivity contribution is -0.116. The molecule has 0 unspecified atom stereocenters. The van der Waals surface area contributed by atoms with Crippen LogP contribution in [0.15, 0.2) is 45.3 Å². The summed E-state index contributed by atoms with van der Waals surface area (Å²) < 4.78 is 6.32. The fourth-order valence-corrected chi connectivity index (χ4v) is 3.00. The maximum Gasteiger partial charge on any atom is 0.246 e. The number of hydrogen-bond donors (Lipinski definition) is 2. The van der Waals surface area contributed by atoms with E-state index in [-0.39, 0.29) is 5.91 Å². The minimum atomic E-state index is -0.399. The first kappa shape index (κ1) is 16.5. The third-order valence-corrected chi connectivity index (χ3v) is 4.31. The van der Waals surface area contributed by atoms with Gasteiger partial charge in [-0.1, -0.05) is 6.07 Å². The third kappa shape index (κ3) is 3.59. The minimum absolute atomic E-state index is 0.115. The Morgan fingerprint density at radius 3 is 2.75 bits per heavy atom. The Morgan fingerprint density at radius 2 is 2.00 bits per heavy atom. The van der Waals surface area contributed by atoms with Crippen molar-refractivity contribution < 1.29 is 9.21 Å². The maximum absolute atomic E-state index is 12.4. The number of rotatable bonds is 4. The molecule has 124 valence electrons. The Morgan fingerprint density at radius 1 is 1.21 bits per heavy atom. The van der Waals surface area contributed by atoms with Crippen molar-refractivity contribution in [1.29, 1.82) is 0 Å². The van der Waals surface area contributed by atoms with Gasteiger partial charge in [0, 0.05) is 17.1 Å². The van der Waals surface area contributed by atoms with Crippen LogP contribution in [0.25, 0.3) is 11.1 Å². The van der Waals surface area contributed by atoms with E-state index in [0.717, 1.165) is 32.5 Å². The number of amides is 1. The van der Waals surface area contributed by atoms with Crippen molar-refractivity contribution in [3.63, 3.8) is 0 Å². The van der Waals surface area contributed by atoms with Gasteiger partial charge in [-0.3, -0.25) is 4.79 Å². The number of anilines is 2. The minimum Gasteiger partial charge on any atom is -0.441 e. The average Bonchev–Trinajstić information content (AvgIpc) is 2.89. The molecule has 0 aliphatic rings. The first-order chi connectivity index (χ1) is 11.4. The van der Waals surface area contributed by atoms with Crippen LogP contribution in [-0.2, 0) is 4.79 Å². The number of aryl methyl sites for hydroxylation is 2. The van der Waals surface area contributed by atoms with Gasteiger partial charge in [-0.25, -0.2) is 4.98 Å². The molecule has 0 radical (unpaired) electrons. The van der Waals surface area contributed by atoms with Crippen molar-refractivity contribution in [1.82, 2.24) is 4.98 Å². The number of oxazole rings is 1. The number of fused-ring (bicyclic) bond motifs is 1. The molecule has 0 bridgehead atoms. The van der Waals surface area contributed by atoms with Gasteiger partial charge in [0.1, 0.15) is 11.6 Å². The summed E-state index contributed by atoms with van der Waals surface area (Å²) in [7, 11) is 0. The van der Waals surface area contributed by atoms with Gasteiger partial charge < -0.3 is 15.1 Å². The lowest BCUT2D eigenvalue weighted by Gasteiger charge is -2.16. The molecule has 5 nitrogen and oxygen atoms in total.